The van der Waals surface area contributed by atoms with Crippen molar-refractivity contribution in [2.45, 2.75) is 13.8 Å². The molecule has 16 heavy (non-hydrogen) atoms. The molecule has 0 aromatic carbocycles. The highest BCUT2D eigenvalue weighted by Crippen LogP contribution is 1.95. The van der Waals surface area contributed by atoms with Crippen molar-refractivity contribution in [2.75, 3.05) is 0 Å². The van der Waals surface area contributed by atoms with Crippen molar-refractivity contribution in [1.82, 2.24) is 14.8 Å². The maximum Gasteiger partial charge on any atom is 0.251 e. The molecule has 84 valence electrons. The molecule has 0 aliphatic carbocycles. The number of aromatic carboxylic acids is 1. The van der Waals surface area contributed by atoms with E-state index in [1.54, 1.807) is 0 Å². The lowest BCUT2D eigenvalue weighted by atomic mass is 10.3. The minimum absolute atomic E-state index is 0.120. The fraction of sp³-hybridized carbons (Fsp3) is 0.250. The zero-order valence-corrected chi connectivity index (χ0v) is 8.42. The van der Waals surface area contributed by atoms with Crippen LogP contribution in [0.25, 0.3) is 5.95 Å². The number of nitrogens with zero attached hydrogens (tertiary/aromatic N) is 4. The van der Waals surface area contributed by atoms with Crippen LogP contribution in [0.1, 0.15) is 21.9 Å². The first-order valence-electron chi connectivity index (χ1n) is 4.31. The van der Waals surface area contributed by atoms with Crippen molar-refractivity contribution in [1.29, 1.82) is 0 Å². The number of aryl methyl sites for hydroxylation is 2. The molecular weight excluding hydrogens is 216 g/mol. The summed E-state index contributed by atoms with van der Waals surface area (Å²) in [5.41, 5.74) is -0.0411. The standard InChI is InChI=1S/C8H8N4O4/c1-3-5(7(13)14)11-10-4(2)6(8(15)16)12(11)9-3/h1-2H3,(H2-,9,10,13,14,15,16)/p-2. The molecule has 2 aromatic rings. The Bertz CT molecular complexity index is 641. The van der Waals surface area contributed by atoms with Crippen LogP contribution in [0.3, 0.4) is 0 Å². The monoisotopic (exact) mass is 222 g/mol. The van der Waals surface area contributed by atoms with E-state index in [-0.39, 0.29) is 22.4 Å². The SMILES string of the molecule is Cc1nn2c(=C([O-])[O-])c(C)n[n+]2c1C(=O)[O-]. The Morgan fingerprint density at radius 3 is 2.38 bits per heavy atom. The van der Waals surface area contributed by atoms with Gasteiger partial charge in [0.15, 0.2) is 0 Å². The molecule has 0 saturated carbocycles. The van der Waals surface area contributed by atoms with Gasteiger partial charge in [-0.05, 0) is 11.6 Å². The number of carboxylic acids is 1. The van der Waals surface area contributed by atoms with Crippen LogP contribution >= 0.6 is 0 Å². The van der Waals surface area contributed by atoms with Crippen molar-refractivity contribution in [3.8, 4) is 0 Å². The Morgan fingerprint density at radius 2 is 1.88 bits per heavy atom. The van der Waals surface area contributed by atoms with Gasteiger partial charge in [0.1, 0.15) is 17.0 Å². The first-order chi connectivity index (χ1) is 7.43. The lowest BCUT2D eigenvalue weighted by molar-refractivity contribution is -0.682. The van der Waals surface area contributed by atoms with E-state index in [1.165, 1.54) is 13.8 Å². The topological polar surface area (TPSA) is 121 Å². The van der Waals surface area contributed by atoms with E-state index < -0.39 is 11.9 Å². The number of carbonyl (C=O) groups excluding carboxylic acids is 1. The van der Waals surface area contributed by atoms with E-state index >= 15 is 0 Å². The molecule has 0 unspecified atom stereocenters. The minimum Gasteiger partial charge on any atom is -0.882 e. The molecule has 0 saturated heterocycles. The van der Waals surface area contributed by atoms with Crippen molar-refractivity contribution in [3.63, 3.8) is 0 Å². The first-order valence-corrected chi connectivity index (χ1v) is 4.31. The third-order valence-electron chi connectivity index (χ3n) is 2.14. The van der Waals surface area contributed by atoms with E-state index in [1.807, 2.05) is 0 Å². The lowest BCUT2D eigenvalue weighted by Crippen LogP contribution is -2.43. The van der Waals surface area contributed by atoms with Crippen LogP contribution in [0.5, 0.6) is 0 Å². The van der Waals surface area contributed by atoms with Crippen molar-refractivity contribution < 1.29 is 24.7 Å². The molecule has 2 heterocycles. The summed E-state index contributed by atoms with van der Waals surface area (Å²) in [7, 11) is 0. The Balaban J connectivity index is 3.01. The third-order valence-corrected chi connectivity index (χ3v) is 2.14. The number of hydrogen-bond acceptors (Lipinski definition) is 6. The predicted molar refractivity (Wildman–Crippen MR) is 41.1 cm³/mol. The van der Waals surface area contributed by atoms with Crippen LogP contribution in [0.4, 0.5) is 0 Å². The summed E-state index contributed by atoms with van der Waals surface area (Å²) in [6.07, 6.45) is 0. The largest absolute Gasteiger partial charge is 0.882 e. The number of aromatic nitrogens is 4. The molecule has 8 heteroatoms. The predicted octanol–water partition coefficient (Wildman–Crippen LogP) is -5.20. The minimum atomic E-state index is -1.47. The van der Waals surface area contributed by atoms with E-state index in [2.05, 4.69) is 10.2 Å². The fourth-order valence-electron chi connectivity index (χ4n) is 1.50. The molecule has 2 aromatic heterocycles. The Hall–Kier alpha value is -2.38. The third kappa shape index (κ3) is 1.16. The number of carbonyl (C=O) groups is 1. The highest BCUT2D eigenvalue weighted by Gasteiger charge is 2.23. The highest BCUT2D eigenvalue weighted by atomic mass is 16.5. The Kier molecular flexibility index (Phi) is 1.94. The first kappa shape index (κ1) is 10.1. The summed E-state index contributed by atoms with van der Waals surface area (Å²) >= 11 is 0. The van der Waals surface area contributed by atoms with Gasteiger partial charge in [0, 0.05) is 11.6 Å². The Labute approximate surface area is 88.6 Å². The van der Waals surface area contributed by atoms with Crippen LogP contribution in [-0.2, 0) is 0 Å². The summed E-state index contributed by atoms with van der Waals surface area (Å²) in [4.78, 5) is 10.8. The number of rotatable bonds is 1. The second kappa shape index (κ2) is 3.05. The Morgan fingerprint density at radius 1 is 1.25 bits per heavy atom. The van der Waals surface area contributed by atoms with E-state index in [4.69, 9.17) is 0 Å². The second-order valence-electron chi connectivity index (χ2n) is 3.22. The van der Waals surface area contributed by atoms with Gasteiger partial charge < -0.3 is 20.1 Å². The molecule has 0 fully saturated rings. The summed E-state index contributed by atoms with van der Waals surface area (Å²) < 4.78 is 1.73. The quantitative estimate of drug-likeness (QED) is 0.444. The summed E-state index contributed by atoms with van der Waals surface area (Å²) in [5.74, 6) is -2.94. The van der Waals surface area contributed by atoms with Crippen LogP contribution < -0.4 is 25.3 Å². The molecule has 0 bridgehead atoms. The van der Waals surface area contributed by atoms with Gasteiger partial charge in [-0.15, -0.1) is 0 Å². The van der Waals surface area contributed by atoms with Gasteiger partial charge in [0.25, 0.3) is 5.69 Å². The maximum atomic E-state index is 10.8. The van der Waals surface area contributed by atoms with Crippen molar-refractivity contribution in [3.05, 3.63) is 22.4 Å². The van der Waals surface area contributed by atoms with Crippen LogP contribution in [0.2, 0.25) is 0 Å². The highest BCUT2D eigenvalue weighted by molar-refractivity contribution is 5.82. The number of carboxylic acid groups (broad SMARTS) is 1. The van der Waals surface area contributed by atoms with E-state index in [9.17, 15) is 20.1 Å². The molecule has 2 rings (SSSR count). The maximum absolute atomic E-state index is 10.8. The normalized spacial score (nSPS) is 10.9. The van der Waals surface area contributed by atoms with Gasteiger partial charge >= 0.3 is 0 Å². The zero-order chi connectivity index (χ0) is 12.0. The van der Waals surface area contributed by atoms with Gasteiger partial charge in [0.05, 0.1) is 5.10 Å². The summed E-state index contributed by atoms with van der Waals surface area (Å²) in [6, 6.07) is 0. The lowest BCUT2D eigenvalue weighted by Gasteiger charge is -2.13. The van der Waals surface area contributed by atoms with Crippen LogP contribution in [0.15, 0.2) is 0 Å². The second-order valence-corrected chi connectivity index (χ2v) is 3.22. The molecular formula is C8H6N4O4-2. The molecule has 0 spiro atoms. The van der Waals surface area contributed by atoms with Gasteiger partial charge in [-0.3, -0.25) is 0 Å². The molecule has 0 amide bonds. The smallest absolute Gasteiger partial charge is 0.251 e. The van der Waals surface area contributed by atoms with Gasteiger partial charge in [-0.25, -0.2) is 0 Å². The molecule has 0 aliphatic rings. The molecule has 0 N–H and O–H groups in total. The summed E-state index contributed by atoms with van der Waals surface area (Å²) in [5, 5.41) is 39.6. The molecule has 0 atom stereocenters. The molecule has 8 nitrogen and oxygen atoms in total. The van der Waals surface area contributed by atoms with Gasteiger partial charge in [-0.1, -0.05) is 5.10 Å². The van der Waals surface area contributed by atoms with Crippen molar-refractivity contribution in [2.24, 2.45) is 0 Å². The van der Waals surface area contributed by atoms with Crippen LogP contribution in [-0.4, -0.2) is 20.8 Å². The summed E-state index contributed by atoms with van der Waals surface area (Å²) in [6.45, 7) is 2.84. The average molecular weight is 222 g/mol. The van der Waals surface area contributed by atoms with Crippen LogP contribution in [0, 0.1) is 13.8 Å². The van der Waals surface area contributed by atoms with E-state index in [0.717, 1.165) is 9.26 Å². The average Bonchev–Trinajstić information content (AvgIpc) is 2.55. The molecule has 0 aliphatic heterocycles. The number of hydrogen-bond donors (Lipinski definition) is 0. The molecule has 0 radical (unpaired) electrons. The zero-order valence-electron chi connectivity index (χ0n) is 8.42. The number of fused-ring (bicyclic) bond motifs is 1. The fourth-order valence-corrected chi connectivity index (χ4v) is 1.50. The van der Waals surface area contributed by atoms with E-state index in [0.29, 0.717) is 0 Å². The van der Waals surface area contributed by atoms with Crippen molar-refractivity contribution >= 4 is 11.9 Å². The van der Waals surface area contributed by atoms with Gasteiger partial charge in [-0.2, -0.15) is 5.95 Å². The van der Waals surface area contributed by atoms with Gasteiger partial charge in [0.2, 0.25) is 5.69 Å².